The van der Waals surface area contributed by atoms with Gasteiger partial charge in [0.05, 0.1) is 31.8 Å². The molecular formula is C7H2Cl2N4O8. The standard InChI is InChI=1S/C7H2Cl2N4O8/c8-7(9,13(20)21)6-4(11(16)17)1-3(10(14)15)2-5(6)12(18)19/h1-2H. The van der Waals surface area contributed by atoms with Crippen LogP contribution in [0.2, 0.25) is 0 Å². The first-order chi connectivity index (χ1) is 9.50. The van der Waals surface area contributed by atoms with Crippen LogP contribution >= 0.6 is 23.2 Å². The Kier molecular flexibility index (Phi) is 4.24. The van der Waals surface area contributed by atoms with Gasteiger partial charge in [-0.05, 0) is 23.2 Å². The molecule has 0 saturated carbocycles. The van der Waals surface area contributed by atoms with Crippen molar-refractivity contribution in [1.82, 2.24) is 0 Å². The second kappa shape index (κ2) is 5.41. The number of hydrogen-bond acceptors (Lipinski definition) is 8. The lowest BCUT2D eigenvalue weighted by Crippen LogP contribution is -2.24. The van der Waals surface area contributed by atoms with Crippen molar-refractivity contribution in [3.63, 3.8) is 0 Å². The minimum atomic E-state index is -3.22. The van der Waals surface area contributed by atoms with Gasteiger partial charge in [-0.2, -0.15) is 0 Å². The minimum absolute atomic E-state index is 0.297. The molecule has 21 heavy (non-hydrogen) atoms. The van der Waals surface area contributed by atoms with E-state index in [9.17, 15) is 40.5 Å². The van der Waals surface area contributed by atoms with Gasteiger partial charge in [-0.1, -0.05) is 0 Å². The summed E-state index contributed by atoms with van der Waals surface area (Å²) < 4.78 is -3.22. The van der Waals surface area contributed by atoms with Gasteiger partial charge in [-0.15, -0.1) is 0 Å². The lowest BCUT2D eigenvalue weighted by Gasteiger charge is -2.11. The molecule has 0 amide bonds. The number of non-ortho nitro benzene ring substituents is 1. The first kappa shape index (κ1) is 16.5. The quantitative estimate of drug-likeness (QED) is 0.339. The molecule has 0 atom stereocenters. The van der Waals surface area contributed by atoms with E-state index >= 15 is 0 Å². The summed E-state index contributed by atoms with van der Waals surface area (Å²) in [5.41, 5.74) is -4.89. The molecule has 12 nitrogen and oxygen atoms in total. The van der Waals surface area contributed by atoms with Gasteiger partial charge in [0.25, 0.3) is 17.1 Å². The van der Waals surface area contributed by atoms with Gasteiger partial charge >= 0.3 is 4.46 Å². The zero-order valence-corrected chi connectivity index (χ0v) is 11.0. The van der Waals surface area contributed by atoms with E-state index in [-0.39, 0.29) is 0 Å². The zero-order valence-electron chi connectivity index (χ0n) is 9.47. The monoisotopic (exact) mass is 340 g/mol. The first-order valence-corrected chi connectivity index (χ1v) is 5.39. The van der Waals surface area contributed by atoms with Gasteiger partial charge in [0.1, 0.15) is 0 Å². The van der Waals surface area contributed by atoms with E-state index in [2.05, 4.69) is 0 Å². The van der Waals surface area contributed by atoms with Crippen molar-refractivity contribution >= 4 is 40.3 Å². The topological polar surface area (TPSA) is 173 Å². The number of hydrogen-bond donors (Lipinski definition) is 0. The Balaban J connectivity index is 3.91. The molecule has 112 valence electrons. The Bertz CT molecular complexity index is 640. The van der Waals surface area contributed by atoms with Crippen LogP contribution in [0.15, 0.2) is 12.1 Å². The van der Waals surface area contributed by atoms with Crippen LogP contribution in [0.4, 0.5) is 17.1 Å². The summed E-state index contributed by atoms with van der Waals surface area (Å²) in [6.07, 6.45) is 0. The molecule has 1 aromatic carbocycles. The summed E-state index contributed by atoms with van der Waals surface area (Å²) >= 11 is 10.6. The molecule has 0 radical (unpaired) electrons. The Morgan fingerprint density at radius 2 is 1.19 bits per heavy atom. The molecule has 0 heterocycles. The highest BCUT2D eigenvalue weighted by molar-refractivity contribution is 6.47. The second-order valence-electron chi connectivity index (χ2n) is 3.43. The number of nitro benzene ring substituents is 3. The predicted octanol–water partition coefficient (Wildman–Crippen LogP) is 2.28. The smallest absolute Gasteiger partial charge is 0.261 e. The normalized spacial score (nSPS) is 11.0. The van der Waals surface area contributed by atoms with E-state index in [4.69, 9.17) is 23.2 Å². The Labute approximate surface area is 123 Å². The van der Waals surface area contributed by atoms with Crippen LogP contribution < -0.4 is 0 Å². The number of nitrogens with zero attached hydrogens (tertiary/aromatic N) is 4. The van der Waals surface area contributed by atoms with E-state index in [1.165, 1.54) is 0 Å². The van der Waals surface area contributed by atoms with Crippen LogP contribution in [-0.2, 0) is 4.46 Å². The summed E-state index contributed by atoms with van der Waals surface area (Å²) in [6.45, 7) is 0. The Morgan fingerprint density at radius 3 is 1.43 bits per heavy atom. The van der Waals surface area contributed by atoms with Crippen LogP contribution in [0, 0.1) is 40.5 Å². The maximum absolute atomic E-state index is 10.9. The van der Waals surface area contributed by atoms with Gasteiger partial charge in [-0.25, -0.2) is 0 Å². The molecule has 0 aliphatic heterocycles. The lowest BCUT2D eigenvalue weighted by molar-refractivity contribution is -0.526. The fraction of sp³-hybridized carbons (Fsp3) is 0.143. The third kappa shape index (κ3) is 2.95. The third-order valence-electron chi connectivity index (χ3n) is 2.22. The van der Waals surface area contributed by atoms with Crippen molar-refractivity contribution in [1.29, 1.82) is 0 Å². The fourth-order valence-electron chi connectivity index (χ4n) is 1.39. The third-order valence-corrected chi connectivity index (χ3v) is 2.87. The van der Waals surface area contributed by atoms with Crippen molar-refractivity contribution in [3.05, 3.63) is 58.2 Å². The molecule has 0 saturated heterocycles. The van der Waals surface area contributed by atoms with Crippen LogP contribution in [0.25, 0.3) is 0 Å². The van der Waals surface area contributed by atoms with Crippen molar-refractivity contribution in [2.45, 2.75) is 4.46 Å². The highest BCUT2D eigenvalue weighted by Crippen LogP contribution is 2.46. The molecular weight excluding hydrogens is 339 g/mol. The molecule has 0 fully saturated rings. The van der Waals surface area contributed by atoms with Crippen LogP contribution in [0.1, 0.15) is 5.56 Å². The summed E-state index contributed by atoms with van der Waals surface area (Å²) in [7, 11) is 0. The fourth-order valence-corrected chi connectivity index (χ4v) is 1.78. The molecule has 1 aromatic rings. The predicted molar refractivity (Wildman–Crippen MR) is 66.8 cm³/mol. The largest absolute Gasteiger partial charge is 0.410 e. The van der Waals surface area contributed by atoms with Crippen LogP contribution in [-0.4, -0.2) is 19.7 Å². The van der Waals surface area contributed by atoms with Crippen LogP contribution in [0.3, 0.4) is 0 Å². The second-order valence-corrected chi connectivity index (χ2v) is 4.72. The highest BCUT2D eigenvalue weighted by atomic mass is 35.5. The van der Waals surface area contributed by atoms with Crippen molar-refractivity contribution in [3.8, 4) is 0 Å². The zero-order chi connectivity index (χ0) is 16.5. The number of halogens is 2. The first-order valence-electron chi connectivity index (χ1n) is 4.64. The van der Waals surface area contributed by atoms with E-state index in [1.54, 1.807) is 0 Å². The van der Waals surface area contributed by atoms with Gasteiger partial charge in [-0.3, -0.25) is 40.5 Å². The van der Waals surface area contributed by atoms with Crippen molar-refractivity contribution in [2.24, 2.45) is 0 Å². The van der Waals surface area contributed by atoms with Gasteiger partial charge in [0.15, 0.2) is 0 Å². The number of benzene rings is 1. The summed E-state index contributed by atoms with van der Waals surface area (Å²) in [5, 5.41) is 43.1. The Hall–Kier alpha value is -2.60. The number of nitro groups is 4. The molecule has 0 aromatic heterocycles. The number of alkyl halides is 2. The van der Waals surface area contributed by atoms with Crippen molar-refractivity contribution < 1.29 is 19.7 Å². The summed E-state index contributed by atoms with van der Waals surface area (Å²) in [4.78, 5) is 37.9. The molecule has 0 aliphatic carbocycles. The molecule has 0 N–H and O–H groups in total. The minimum Gasteiger partial charge on any atom is -0.261 e. The van der Waals surface area contributed by atoms with Crippen LogP contribution in [0.5, 0.6) is 0 Å². The molecule has 0 aliphatic rings. The molecule has 0 unspecified atom stereocenters. The summed E-state index contributed by atoms with van der Waals surface area (Å²) in [6, 6.07) is 0.594. The maximum Gasteiger partial charge on any atom is 0.410 e. The summed E-state index contributed by atoms with van der Waals surface area (Å²) in [5.74, 6) is 0. The molecule has 14 heteroatoms. The molecule has 0 spiro atoms. The average molecular weight is 341 g/mol. The average Bonchev–Trinajstić information content (AvgIpc) is 2.36. The van der Waals surface area contributed by atoms with Gasteiger partial charge in [0.2, 0.25) is 5.56 Å². The lowest BCUT2D eigenvalue weighted by atomic mass is 10.1. The Morgan fingerprint density at radius 1 is 0.810 bits per heavy atom. The van der Waals surface area contributed by atoms with E-state index in [0.29, 0.717) is 12.1 Å². The van der Waals surface area contributed by atoms with E-state index < -0.39 is 46.8 Å². The number of rotatable bonds is 5. The van der Waals surface area contributed by atoms with Gasteiger partial charge in [0, 0.05) is 0 Å². The van der Waals surface area contributed by atoms with E-state index in [0.717, 1.165) is 0 Å². The SMILES string of the molecule is O=[N+]([O-])c1cc([N+](=O)[O-])c(C(Cl)(Cl)[N+](=O)[O-])c([N+](=O)[O-])c1. The molecule has 0 bridgehead atoms. The molecule has 1 rings (SSSR count). The van der Waals surface area contributed by atoms with Gasteiger partial charge < -0.3 is 0 Å². The van der Waals surface area contributed by atoms with E-state index in [1.807, 2.05) is 0 Å². The maximum atomic E-state index is 10.9. The van der Waals surface area contributed by atoms with Crippen molar-refractivity contribution in [2.75, 3.05) is 0 Å². The highest BCUT2D eigenvalue weighted by Gasteiger charge is 2.52.